The Bertz CT molecular complexity index is 926. The van der Waals surface area contributed by atoms with E-state index in [1.54, 1.807) is 11.3 Å². The molecule has 0 atom stereocenters. The van der Waals surface area contributed by atoms with Crippen molar-refractivity contribution in [3.63, 3.8) is 0 Å². The molecule has 0 saturated heterocycles. The smallest absolute Gasteiger partial charge is 0.194 e. The van der Waals surface area contributed by atoms with Gasteiger partial charge in [0.1, 0.15) is 12.4 Å². The fourth-order valence-corrected chi connectivity index (χ4v) is 3.82. The van der Waals surface area contributed by atoms with Crippen LogP contribution in [0.1, 0.15) is 22.2 Å². The number of halogens is 1. The fourth-order valence-electron chi connectivity index (χ4n) is 2.84. The minimum atomic E-state index is 0.469. The zero-order valence-corrected chi connectivity index (χ0v) is 18.3. The number of hydrogen-bond donors (Lipinski definition) is 1. The van der Waals surface area contributed by atoms with E-state index in [0.29, 0.717) is 13.1 Å². The maximum absolute atomic E-state index is 6.13. The highest BCUT2D eigenvalue weighted by molar-refractivity contribution is 7.09. The van der Waals surface area contributed by atoms with Crippen LogP contribution < -0.4 is 5.32 Å². The second kappa shape index (κ2) is 9.25. The van der Waals surface area contributed by atoms with Gasteiger partial charge in [-0.1, -0.05) is 17.7 Å². The average Bonchev–Trinajstić information content (AvgIpc) is 3.35. The number of guanidine groups is 1. The SMILES string of the molecule is Cc1nnc(CN=C(NCCc2cccs2)N(C)Cc2cc(Cl)cn2C)n1C. The van der Waals surface area contributed by atoms with Crippen molar-refractivity contribution in [2.24, 2.45) is 19.1 Å². The van der Waals surface area contributed by atoms with Gasteiger partial charge in [0.25, 0.3) is 0 Å². The van der Waals surface area contributed by atoms with E-state index in [9.17, 15) is 0 Å². The molecule has 0 aliphatic rings. The molecular weight excluding hydrogens is 394 g/mol. The zero-order chi connectivity index (χ0) is 20.1. The van der Waals surface area contributed by atoms with Crippen molar-refractivity contribution in [2.45, 2.75) is 26.4 Å². The second-order valence-corrected chi connectivity index (χ2v) is 8.20. The molecule has 3 rings (SSSR count). The van der Waals surface area contributed by atoms with Crippen molar-refractivity contribution in [1.82, 2.24) is 29.5 Å². The van der Waals surface area contributed by atoms with Gasteiger partial charge in [-0.05, 0) is 30.9 Å². The van der Waals surface area contributed by atoms with Crippen LogP contribution in [0.25, 0.3) is 0 Å². The van der Waals surface area contributed by atoms with Gasteiger partial charge < -0.3 is 19.4 Å². The summed E-state index contributed by atoms with van der Waals surface area (Å²) in [6.45, 7) is 3.92. The average molecular weight is 420 g/mol. The minimum absolute atomic E-state index is 0.469. The summed E-state index contributed by atoms with van der Waals surface area (Å²) < 4.78 is 4.00. The monoisotopic (exact) mass is 419 g/mol. The van der Waals surface area contributed by atoms with Gasteiger partial charge in [0.2, 0.25) is 0 Å². The first kappa shape index (κ1) is 20.4. The van der Waals surface area contributed by atoms with E-state index < -0.39 is 0 Å². The van der Waals surface area contributed by atoms with Crippen molar-refractivity contribution < 1.29 is 0 Å². The molecule has 0 aliphatic carbocycles. The molecule has 0 fully saturated rings. The summed E-state index contributed by atoms with van der Waals surface area (Å²) in [4.78, 5) is 8.24. The number of hydrogen-bond acceptors (Lipinski definition) is 4. The van der Waals surface area contributed by atoms with E-state index in [4.69, 9.17) is 16.6 Å². The Morgan fingerprint density at radius 3 is 2.79 bits per heavy atom. The summed E-state index contributed by atoms with van der Waals surface area (Å²) >= 11 is 7.90. The number of aromatic nitrogens is 4. The predicted molar refractivity (Wildman–Crippen MR) is 115 cm³/mol. The molecule has 0 bridgehead atoms. The van der Waals surface area contributed by atoms with Gasteiger partial charge in [-0.25, -0.2) is 4.99 Å². The third kappa shape index (κ3) is 5.14. The quantitative estimate of drug-likeness (QED) is 0.472. The number of nitrogens with zero attached hydrogens (tertiary/aromatic N) is 6. The first-order valence-electron chi connectivity index (χ1n) is 9.11. The third-order valence-corrected chi connectivity index (χ3v) is 5.77. The molecular formula is C19H26ClN7S. The van der Waals surface area contributed by atoms with E-state index in [0.717, 1.165) is 41.3 Å². The maximum Gasteiger partial charge on any atom is 0.194 e. The predicted octanol–water partition coefficient (Wildman–Crippen LogP) is 3.00. The Morgan fingerprint density at radius 2 is 2.18 bits per heavy atom. The van der Waals surface area contributed by atoms with Crippen LogP contribution >= 0.6 is 22.9 Å². The van der Waals surface area contributed by atoms with Crippen molar-refractivity contribution in [3.8, 4) is 0 Å². The molecule has 0 aliphatic heterocycles. The minimum Gasteiger partial charge on any atom is -0.356 e. The van der Waals surface area contributed by atoms with Gasteiger partial charge in [-0.3, -0.25) is 0 Å². The highest BCUT2D eigenvalue weighted by Gasteiger charge is 2.12. The third-order valence-electron chi connectivity index (χ3n) is 4.62. The zero-order valence-electron chi connectivity index (χ0n) is 16.7. The van der Waals surface area contributed by atoms with Gasteiger partial charge >= 0.3 is 0 Å². The molecule has 0 unspecified atom stereocenters. The van der Waals surface area contributed by atoms with Crippen LogP contribution in [0.15, 0.2) is 34.8 Å². The van der Waals surface area contributed by atoms with Crippen LogP contribution in [0.5, 0.6) is 0 Å². The molecule has 150 valence electrons. The van der Waals surface area contributed by atoms with Crippen LogP contribution in [0.3, 0.4) is 0 Å². The first-order valence-corrected chi connectivity index (χ1v) is 10.4. The molecule has 7 nitrogen and oxygen atoms in total. The maximum atomic E-state index is 6.13. The number of aryl methyl sites for hydroxylation is 2. The Labute approximate surface area is 174 Å². The van der Waals surface area contributed by atoms with Gasteiger partial charge in [-0.15, -0.1) is 21.5 Å². The summed E-state index contributed by atoms with van der Waals surface area (Å²) in [5.41, 5.74) is 1.12. The lowest BCUT2D eigenvalue weighted by atomic mass is 10.3. The molecule has 0 amide bonds. The van der Waals surface area contributed by atoms with Crippen molar-refractivity contribution in [1.29, 1.82) is 0 Å². The van der Waals surface area contributed by atoms with E-state index in [2.05, 4.69) is 37.9 Å². The normalized spacial score (nSPS) is 11.8. The van der Waals surface area contributed by atoms with Crippen molar-refractivity contribution in [2.75, 3.05) is 13.6 Å². The number of rotatable bonds is 7. The van der Waals surface area contributed by atoms with Crippen molar-refractivity contribution >= 4 is 28.9 Å². The molecule has 3 aromatic rings. The standard InChI is InChI=1S/C19H26ClN7S/c1-14-23-24-18(27(14)4)11-22-19(21-8-7-17-6-5-9-28-17)26(3)13-16-10-15(20)12-25(16)2/h5-6,9-10,12H,7-8,11,13H2,1-4H3,(H,21,22). The molecule has 1 N–H and O–H groups in total. The van der Waals surface area contributed by atoms with Crippen LogP contribution in [0, 0.1) is 6.92 Å². The number of thiophene rings is 1. The molecule has 0 radical (unpaired) electrons. The lowest BCUT2D eigenvalue weighted by molar-refractivity contribution is 0.460. The lowest BCUT2D eigenvalue weighted by Crippen LogP contribution is -2.39. The summed E-state index contributed by atoms with van der Waals surface area (Å²) in [5.74, 6) is 2.55. The molecule has 9 heteroatoms. The fraction of sp³-hybridized carbons (Fsp3) is 0.421. The number of nitrogens with one attached hydrogen (secondary N) is 1. The van der Waals surface area contributed by atoms with E-state index >= 15 is 0 Å². The van der Waals surface area contributed by atoms with Crippen LogP contribution in [-0.2, 0) is 33.6 Å². The Balaban J connectivity index is 1.71. The Kier molecular flexibility index (Phi) is 6.74. The molecule has 3 aromatic heterocycles. The molecule has 0 aromatic carbocycles. The summed E-state index contributed by atoms with van der Waals surface area (Å²) in [5, 5.41) is 14.6. The summed E-state index contributed by atoms with van der Waals surface area (Å²) in [7, 11) is 5.98. The molecule has 28 heavy (non-hydrogen) atoms. The molecule has 0 spiro atoms. The highest BCUT2D eigenvalue weighted by Crippen LogP contribution is 2.14. The summed E-state index contributed by atoms with van der Waals surface area (Å²) in [6.07, 6.45) is 2.87. The van der Waals surface area contributed by atoms with Crippen LogP contribution in [-0.4, -0.2) is 43.8 Å². The van der Waals surface area contributed by atoms with Crippen LogP contribution in [0.4, 0.5) is 0 Å². The van der Waals surface area contributed by atoms with E-state index in [-0.39, 0.29) is 0 Å². The Hall–Kier alpha value is -2.32. The summed E-state index contributed by atoms with van der Waals surface area (Å²) in [6, 6.07) is 6.21. The lowest BCUT2D eigenvalue weighted by Gasteiger charge is -2.23. The van der Waals surface area contributed by atoms with Gasteiger partial charge in [0.15, 0.2) is 11.8 Å². The van der Waals surface area contributed by atoms with Crippen molar-refractivity contribution in [3.05, 3.63) is 57.0 Å². The topological polar surface area (TPSA) is 63.3 Å². The van der Waals surface area contributed by atoms with Crippen LogP contribution in [0.2, 0.25) is 5.02 Å². The number of aliphatic imine (C=N–C) groups is 1. The second-order valence-electron chi connectivity index (χ2n) is 6.74. The highest BCUT2D eigenvalue weighted by atomic mass is 35.5. The van der Waals surface area contributed by atoms with Gasteiger partial charge in [0.05, 0.1) is 11.6 Å². The Morgan fingerprint density at radius 1 is 1.36 bits per heavy atom. The van der Waals surface area contributed by atoms with E-state index in [1.807, 2.05) is 49.5 Å². The largest absolute Gasteiger partial charge is 0.356 e. The van der Waals surface area contributed by atoms with E-state index in [1.165, 1.54) is 4.88 Å². The van der Waals surface area contributed by atoms with Gasteiger partial charge in [-0.2, -0.15) is 0 Å². The van der Waals surface area contributed by atoms with Gasteiger partial charge in [0, 0.05) is 44.5 Å². The first-order chi connectivity index (χ1) is 13.4. The molecule has 0 saturated carbocycles. The molecule has 3 heterocycles.